The molecule has 1 aliphatic heterocycles. The number of carbonyl (C=O) groups is 2. The predicted molar refractivity (Wildman–Crippen MR) is 140 cm³/mol. The fraction of sp³-hybridized carbons (Fsp3) is 0.938. The van der Waals surface area contributed by atoms with Gasteiger partial charge in [0.1, 0.15) is 12.2 Å². The monoisotopic (exact) mass is 498 g/mol. The van der Waals surface area contributed by atoms with E-state index in [1.165, 1.54) is 32.1 Å². The fourth-order valence-corrected chi connectivity index (χ4v) is 12.2. The summed E-state index contributed by atoms with van der Waals surface area (Å²) < 4.78 is 12.2. The van der Waals surface area contributed by atoms with Gasteiger partial charge in [-0.3, -0.25) is 9.59 Å². The van der Waals surface area contributed by atoms with Gasteiger partial charge >= 0.3 is 11.9 Å². The zero-order valence-corrected chi connectivity index (χ0v) is 24.2. The average molecular weight is 499 g/mol. The van der Waals surface area contributed by atoms with Crippen LogP contribution in [-0.4, -0.2) is 24.1 Å². The average Bonchev–Trinajstić information content (AvgIpc) is 3.03. The second kappa shape index (κ2) is 7.32. The van der Waals surface area contributed by atoms with Gasteiger partial charge < -0.3 is 9.47 Å². The molecule has 0 radical (unpaired) electrons. The van der Waals surface area contributed by atoms with E-state index in [9.17, 15) is 9.59 Å². The van der Waals surface area contributed by atoms with Gasteiger partial charge in [-0.15, -0.1) is 0 Å². The third-order valence-corrected chi connectivity index (χ3v) is 14.3. The van der Waals surface area contributed by atoms with Gasteiger partial charge in [-0.2, -0.15) is 0 Å². The lowest BCUT2D eigenvalue weighted by Crippen LogP contribution is -2.68. The lowest BCUT2D eigenvalue weighted by atomic mass is 9.31. The molecule has 6 fully saturated rings. The van der Waals surface area contributed by atoms with Crippen molar-refractivity contribution in [2.75, 3.05) is 0 Å². The molecule has 0 amide bonds. The Labute approximate surface area is 219 Å². The van der Waals surface area contributed by atoms with E-state index in [0.29, 0.717) is 23.7 Å². The summed E-state index contributed by atoms with van der Waals surface area (Å²) in [6.45, 7) is 18.9. The summed E-state index contributed by atoms with van der Waals surface area (Å²) in [6.07, 6.45) is 11.6. The van der Waals surface area contributed by atoms with Crippen molar-refractivity contribution in [2.45, 2.75) is 132 Å². The summed E-state index contributed by atoms with van der Waals surface area (Å²) in [6, 6.07) is 0. The molecule has 10 atom stereocenters. The van der Waals surface area contributed by atoms with Crippen LogP contribution >= 0.6 is 0 Å². The highest BCUT2D eigenvalue weighted by Gasteiger charge is 2.75. The number of carbonyl (C=O) groups excluding carboxylic acids is 2. The Morgan fingerprint density at radius 1 is 0.806 bits per heavy atom. The summed E-state index contributed by atoms with van der Waals surface area (Å²) in [7, 11) is 0. The molecule has 6 aliphatic rings. The first-order chi connectivity index (χ1) is 16.6. The van der Waals surface area contributed by atoms with Crippen LogP contribution in [0, 0.1) is 56.2 Å². The quantitative estimate of drug-likeness (QED) is 0.355. The molecule has 202 valence electrons. The van der Waals surface area contributed by atoms with Gasteiger partial charge in [-0.05, 0) is 98.2 Å². The number of fused-ring (bicyclic) bond motifs is 5. The Hall–Kier alpha value is -1.06. The van der Waals surface area contributed by atoms with Crippen LogP contribution in [0.4, 0.5) is 0 Å². The van der Waals surface area contributed by atoms with Gasteiger partial charge in [0.25, 0.3) is 0 Å². The maximum Gasteiger partial charge on any atom is 0.312 e. The molecule has 4 heteroatoms. The van der Waals surface area contributed by atoms with E-state index in [1.807, 2.05) is 0 Å². The Kier molecular flexibility index (Phi) is 5.13. The van der Waals surface area contributed by atoms with Crippen LogP contribution in [0.25, 0.3) is 0 Å². The molecular formula is C32H50O4. The predicted octanol–water partition coefficient (Wildman–Crippen LogP) is 7.34. The van der Waals surface area contributed by atoms with Crippen molar-refractivity contribution >= 4 is 11.9 Å². The zero-order valence-electron chi connectivity index (χ0n) is 24.2. The fourth-order valence-electron chi connectivity index (χ4n) is 12.2. The normalized spacial score (nSPS) is 54.3. The smallest absolute Gasteiger partial charge is 0.312 e. The second-order valence-electron chi connectivity index (χ2n) is 16.1. The molecule has 0 aromatic carbocycles. The third-order valence-electron chi connectivity index (χ3n) is 14.3. The molecule has 0 aromatic heterocycles. The SMILES string of the molecule is CC(=O)O[C@H]1CC[C@@]2(C)[C@H](CC[C@]3(C)[C@@H]2CC[C@H]2[C@H]4[C@H]5OC(=O)[C@]4(CCC5(C)C)CC[C@]23C)C1(C)C. The Morgan fingerprint density at radius 2 is 1.50 bits per heavy atom. The highest BCUT2D eigenvalue weighted by Crippen LogP contribution is 2.78. The molecule has 4 nitrogen and oxygen atoms in total. The largest absolute Gasteiger partial charge is 0.462 e. The topological polar surface area (TPSA) is 52.6 Å². The molecule has 0 aromatic rings. The van der Waals surface area contributed by atoms with Gasteiger partial charge in [0.15, 0.2) is 0 Å². The zero-order chi connectivity index (χ0) is 26.1. The van der Waals surface area contributed by atoms with E-state index < -0.39 is 0 Å². The number of esters is 2. The van der Waals surface area contributed by atoms with Gasteiger partial charge in [0, 0.05) is 23.7 Å². The maximum absolute atomic E-state index is 13.4. The standard InChI is InChI=1S/C32H50O4/c1-19(33)35-23-12-13-29(6)21(28(23,4)5)11-14-31(8)22(29)10-9-20-24-25-27(2,3)15-17-32(24,26(34)36-25)18-16-30(20,31)7/h20-25H,9-18H2,1-8H3/t20-,21+,22+,23-,24-,25+,29-,30+,31+,32+/m0/s1. The molecule has 5 saturated carbocycles. The molecule has 0 unspecified atom stereocenters. The second-order valence-corrected chi connectivity index (χ2v) is 16.1. The molecule has 1 heterocycles. The summed E-state index contributed by atoms with van der Waals surface area (Å²) in [4.78, 5) is 25.3. The first-order valence-corrected chi connectivity index (χ1v) is 15.0. The molecule has 0 N–H and O–H groups in total. The van der Waals surface area contributed by atoms with Crippen LogP contribution in [0.1, 0.15) is 120 Å². The van der Waals surface area contributed by atoms with Crippen molar-refractivity contribution in [3.63, 3.8) is 0 Å². The molecule has 1 saturated heterocycles. The van der Waals surface area contributed by atoms with Gasteiger partial charge in [-0.1, -0.05) is 48.5 Å². The van der Waals surface area contributed by atoms with E-state index >= 15 is 0 Å². The van der Waals surface area contributed by atoms with E-state index in [2.05, 4.69) is 48.5 Å². The lowest BCUT2D eigenvalue weighted by molar-refractivity contribution is -0.254. The van der Waals surface area contributed by atoms with E-state index in [1.54, 1.807) is 6.92 Å². The molecular weight excluding hydrogens is 448 g/mol. The van der Waals surface area contributed by atoms with Crippen molar-refractivity contribution in [1.82, 2.24) is 0 Å². The first-order valence-electron chi connectivity index (χ1n) is 15.0. The summed E-state index contributed by atoms with van der Waals surface area (Å²) in [5.74, 6) is 2.23. The van der Waals surface area contributed by atoms with Crippen LogP contribution in [0.15, 0.2) is 0 Å². The first kappa shape index (κ1) is 25.2. The minimum Gasteiger partial charge on any atom is -0.462 e. The number of hydrogen-bond donors (Lipinski definition) is 0. The maximum atomic E-state index is 13.4. The Bertz CT molecular complexity index is 983. The molecule has 5 aliphatic carbocycles. The molecule has 0 spiro atoms. The van der Waals surface area contributed by atoms with Crippen LogP contribution in [0.3, 0.4) is 0 Å². The Morgan fingerprint density at radius 3 is 2.19 bits per heavy atom. The summed E-state index contributed by atoms with van der Waals surface area (Å²) in [5.41, 5.74) is 0.665. The van der Waals surface area contributed by atoms with E-state index in [-0.39, 0.29) is 56.6 Å². The lowest BCUT2D eigenvalue weighted by Gasteiger charge is -2.73. The van der Waals surface area contributed by atoms with Crippen molar-refractivity contribution in [3.05, 3.63) is 0 Å². The van der Waals surface area contributed by atoms with Crippen LogP contribution < -0.4 is 0 Å². The van der Waals surface area contributed by atoms with Gasteiger partial charge in [-0.25, -0.2) is 0 Å². The Balaban J connectivity index is 1.36. The minimum atomic E-state index is -0.210. The molecule has 36 heavy (non-hydrogen) atoms. The highest BCUT2D eigenvalue weighted by molar-refractivity contribution is 5.81. The van der Waals surface area contributed by atoms with Gasteiger partial charge in [0.05, 0.1) is 5.41 Å². The number of hydrogen-bond acceptors (Lipinski definition) is 4. The summed E-state index contributed by atoms with van der Waals surface area (Å²) in [5, 5.41) is 0. The van der Waals surface area contributed by atoms with Crippen molar-refractivity contribution in [3.8, 4) is 0 Å². The van der Waals surface area contributed by atoms with Crippen molar-refractivity contribution in [2.24, 2.45) is 56.2 Å². The van der Waals surface area contributed by atoms with Crippen molar-refractivity contribution < 1.29 is 19.1 Å². The van der Waals surface area contributed by atoms with Crippen LogP contribution in [0.5, 0.6) is 0 Å². The highest BCUT2D eigenvalue weighted by atomic mass is 16.6. The molecule has 2 bridgehead atoms. The van der Waals surface area contributed by atoms with Crippen molar-refractivity contribution in [1.29, 1.82) is 0 Å². The van der Waals surface area contributed by atoms with Gasteiger partial charge in [0.2, 0.25) is 0 Å². The minimum absolute atomic E-state index is 0.00113. The summed E-state index contributed by atoms with van der Waals surface area (Å²) >= 11 is 0. The number of ether oxygens (including phenoxy) is 2. The molecule has 6 rings (SSSR count). The van der Waals surface area contributed by atoms with E-state index in [0.717, 1.165) is 32.1 Å². The van der Waals surface area contributed by atoms with Crippen LogP contribution in [-0.2, 0) is 19.1 Å². The van der Waals surface area contributed by atoms with Crippen LogP contribution in [0.2, 0.25) is 0 Å². The third kappa shape index (κ3) is 2.83. The number of rotatable bonds is 1. The van der Waals surface area contributed by atoms with E-state index in [4.69, 9.17) is 9.47 Å².